The van der Waals surface area contributed by atoms with E-state index >= 15 is 0 Å². The van der Waals surface area contributed by atoms with Crippen molar-refractivity contribution in [2.24, 2.45) is 0 Å². The van der Waals surface area contributed by atoms with Gasteiger partial charge in [0.15, 0.2) is 0 Å². The highest BCUT2D eigenvalue weighted by atomic mass is 35.5. The fourth-order valence-electron chi connectivity index (χ4n) is 1.77. The standard InChI is InChI=1S/C14H11ClN2O4/c15-11-2-1-3-12(17(20)21)13(11)14(19)16-8-9-4-6-10(18)7-5-9/h1-7,18H,8H2,(H,16,19). The molecule has 7 heteroatoms. The lowest BCUT2D eigenvalue weighted by molar-refractivity contribution is -0.385. The first kappa shape index (κ1) is 14.8. The Labute approximate surface area is 125 Å². The number of nitrogens with zero attached hydrogens (tertiary/aromatic N) is 1. The Morgan fingerprint density at radius 1 is 1.24 bits per heavy atom. The molecule has 108 valence electrons. The quantitative estimate of drug-likeness (QED) is 0.671. The highest BCUT2D eigenvalue weighted by Gasteiger charge is 2.22. The van der Waals surface area contributed by atoms with E-state index in [0.717, 1.165) is 5.56 Å². The molecule has 2 rings (SSSR count). The van der Waals surface area contributed by atoms with Crippen molar-refractivity contribution in [2.75, 3.05) is 0 Å². The van der Waals surface area contributed by atoms with Crippen LogP contribution in [0.2, 0.25) is 5.02 Å². The van der Waals surface area contributed by atoms with Crippen LogP contribution in [0.15, 0.2) is 42.5 Å². The summed E-state index contributed by atoms with van der Waals surface area (Å²) in [5.41, 5.74) is 0.240. The molecule has 0 aliphatic rings. The smallest absolute Gasteiger partial charge is 0.283 e. The van der Waals surface area contributed by atoms with E-state index < -0.39 is 10.8 Å². The van der Waals surface area contributed by atoms with Crippen molar-refractivity contribution in [1.29, 1.82) is 0 Å². The molecular formula is C14H11ClN2O4. The van der Waals surface area contributed by atoms with Crippen molar-refractivity contribution in [2.45, 2.75) is 6.54 Å². The van der Waals surface area contributed by atoms with Crippen LogP contribution in [-0.2, 0) is 6.54 Å². The Morgan fingerprint density at radius 3 is 2.52 bits per heavy atom. The summed E-state index contributed by atoms with van der Waals surface area (Å²) < 4.78 is 0. The summed E-state index contributed by atoms with van der Waals surface area (Å²) >= 11 is 5.87. The summed E-state index contributed by atoms with van der Waals surface area (Å²) in [5.74, 6) is -0.507. The van der Waals surface area contributed by atoms with Crippen LogP contribution >= 0.6 is 11.6 Å². The molecule has 0 aromatic heterocycles. The first-order valence-corrected chi connectivity index (χ1v) is 6.36. The van der Waals surface area contributed by atoms with Crippen molar-refractivity contribution in [3.63, 3.8) is 0 Å². The second-order valence-electron chi connectivity index (χ2n) is 4.24. The van der Waals surface area contributed by atoms with E-state index in [0.29, 0.717) is 0 Å². The van der Waals surface area contributed by atoms with E-state index in [4.69, 9.17) is 16.7 Å². The molecule has 0 unspecified atom stereocenters. The maximum atomic E-state index is 12.1. The largest absolute Gasteiger partial charge is 0.508 e. The topological polar surface area (TPSA) is 92.5 Å². The Balaban J connectivity index is 2.17. The van der Waals surface area contributed by atoms with Gasteiger partial charge in [-0.3, -0.25) is 14.9 Å². The maximum Gasteiger partial charge on any atom is 0.283 e. The van der Waals surface area contributed by atoms with Crippen molar-refractivity contribution in [1.82, 2.24) is 5.32 Å². The van der Waals surface area contributed by atoms with Crippen LogP contribution in [0.5, 0.6) is 5.75 Å². The predicted octanol–water partition coefficient (Wildman–Crippen LogP) is 2.88. The van der Waals surface area contributed by atoms with E-state index in [1.54, 1.807) is 12.1 Å². The number of benzene rings is 2. The normalized spacial score (nSPS) is 10.1. The Hall–Kier alpha value is -2.60. The fourth-order valence-corrected chi connectivity index (χ4v) is 2.03. The molecule has 6 nitrogen and oxygen atoms in total. The van der Waals surface area contributed by atoms with Gasteiger partial charge in [-0.05, 0) is 23.8 Å². The zero-order chi connectivity index (χ0) is 15.4. The number of phenolic OH excluding ortho intramolecular Hbond substituents is 1. The van der Waals surface area contributed by atoms with E-state index in [1.165, 1.54) is 30.3 Å². The van der Waals surface area contributed by atoms with Gasteiger partial charge in [0.25, 0.3) is 11.6 Å². The lowest BCUT2D eigenvalue weighted by atomic mass is 10.1. The third-order valence-electron chi connectivity index (χ3n) is 2.80. The second-order valence-corrected chi connectivity index (χ2v) is 4.65. The van der Waals surface area contributed by atoms with Gasteiger partial charge in [-0.2, -0.15) is 0 Å². The Bertz CT molecular complexity index is 686. The van der Waals surface area contributed by atoms with Crippen LogP contribution in [0.25, 0.3) is 0 Å². The molecular weight excluding hydrogens is 296 g/mol. The van der Waals surface area contributed by atoms with Gasteiger partial charge in [0.1, 0.15) is 11.3 Å². The van der Waals surface area contributed by atoms with E-state index in [-0.39, 0.29) is 28.6 Å². The number of nitro benzene ring substituents is 1. The van der Waals surface area contributed by atoms with Crippen molar-refractivity contribution in [3.05, 3.63) is 68.7 Å². The number of carbonyl (C=O) groups excluding carboxylic acids is 1. The Morgan fingerprint density at radius 2 is 1.90 bits per heavy atom. The number of rotatable bonds is 4. The van der Waals surface area contributed by atoms with Crippen molar-refractivity contribution < 1.29 is 14.8 Å². The van der Waals surface area contributed by atoms with Gasteiger partial charge in [0.2, 0.25) is 0 Å². The molecule has 0 heterocycles. The third-order valence-corrected chi connectivity index (χ3v) is 3.12. The number of carbonyl (C=O) groups is 1. The number of nitro groups is 1. The van der Waals surface area contributed by atoms with Crippen LogP contribution in [0.1, 0.15) is 15.9 Å². The summed E-state index contributed by atoms with van der Waals surface area (Å²) in [6, 6.07) is 10.3. The molecule has 21 heavy (non-hydrogen) atoms. The summed E-state index contributed by atoms with van der Waals surface area (Å²) in [7, 11) is 0. The summed E-state index contributed by atoms with van der Waals surface area (Å²) in [5, 5.41) is 22.7. The number of hydrogen-bond donors (Lipinski definition) is 2. The van der Waals surface area contributed by atoms with Gasteiger partial charge in [-0.15, -0.1) is 0 Å². The minimum atomic E-state index is -0.651. The van der Waals surface area contributed by atoms with Gasteiger partial charge in [0.05, 0.1) is 9.95 Å². The molecule has 2 aromatic carbocycles. The van der Waals surface area contributed by atoms with E-state index in [9.17, 15) is 14.9 Å². The highest BCUT2D eigenvalue weighted by Crippen LogP contribution is 2.26. The molecule has 0 bridgehead atoms. The number of amides is 1. The highest BCUT2D eigenvalue weighted by molar-refractivity contribution is 6.34. The van der Waals surface area contributed by atoms with E-state index in [2.05, 4.69) is 5.32 Å². The molecule has 0 atom stereocenters. The summed E-state index contributed by atoms with van der Waals surface area (Å²) in [6.07, 6.45) is 0. The van der Waals surface area contributed by atoms with Gasteiger partial charge in [-0.25, -0.2) is 0 Å². The lowest BCUT2D eigenvalue weighted by Gasteiger charge is -2.07. The number of hydrogen-bond acceptors (Lipinski definition) is 4. The minimum Gasteiger partial charge on any atom is -0.508 e. The van der Waals surface area contributed by atoms with E-state index in [1.807, 2.05) is 0 Å². The molecule has 0 aliphatic heterocycles. The lowest BCUT2D eigenvalue weighted by Crippen LogP contribution is -2.24. The van der Waals surface area contributed by atoms with Crippen molar-refractivity contribution >= 4 is 23.2 Å². The zero-order valence-electron chi connectivity index (χ0n) is 10.7. The minimum absolute atomic E-state index is 0.0207. The number of phenols is 1. The third kappa shape index (κ3) is 3.49. The monoisotopic (exact) mass is 306 g/mol. The number of aromatic hydroxyl groups is 1. The average molecular weight is 307 g/mol. The average Bonchev–Trinajstić information content (AvgIpc) is 2.46. The van der Waals surface area contributed by atoms with Gasteiger partial charge < -0.3 is 10.4 Å². The molecule has 2 aromatic rings. The first-order chi connectivity index (χ1) is 9.99. The van der Waals surface area contributed by atoms with Gasteiger partial charge >= 0.3 is 0 Å². The number of nitrogens with one attached hydrogen (secondary N) is 1. The van der Waals surface area contributed by atoms with Crippen molar-refractivity contribution in [3.8, 4) is 5.75 Å². The summed E-state index contributed by atoms with van der Waals surface area (Å²) in [6.45, 7) is 0.168. The Kier molecular flexibility index (Phi) is 4.39. The maximum absolute atomic E-state index is 12.1. The molecule has 0 fully saturated rings. The zero-order valence-corrected chi connectivity index (χ0v) is 11.5. The van der Waals surface area contributed by atoms with Crippen LogP contribution in [0.3, 0.4) is 0 Å². The van der Waals surface area contributed by atoms with Crippen LogP contribution < -0.4 is 5.32 Å². The number of halogens is 1. The molecule has 0 spiro atoms. The van der Waals surface area contributed by atoms with Gasteiger partial charge in [-0.1, -0.05) is 29.8 Å². The summed E-state index contributed by atoms with van der Waals surface area (Å²) in [4.78, 5) is 22.4. The molecule has 2 N–H and O–H groups in total. The second kappa shape index (κ2) is 6.23. The fraction of sp³-hybridized carbons (Fsp3) is 0.0714. The predicted molar refractivity (Wildman–Crippen MR) is 77.4 cm³/mol. The van der Waals surface area contributed by atoms with Gasteiger partial charge in [0, 0.05) is 12.6 Å². The molecule has 0 saturated heterocycles. The molecule has 1 amide bonds. The molecule has 0 aliphatic carbocycles. The molecule has 0 saturated carbocycles. The molecule has 0 radical (unpaired) electrons. The van der Waals surface area contributed by atoms with Crippen LogP contribution in [-0.4, -0.2) is 15.9 Å². The van der Waals surface area contributed by atoms with Crippen LogP contribution in [0.4, 0.5) is 5.69 Å². The SMILES string of the molecule is O=C(NCc1ccc(O)cc1)c1c(Cl)cccc1[N+](=O)[O-]. The first-order valence-electron chi connectivity index (χ1n) is 5.98. The van der Waals surface area contributed by atoms with Crippen LogP contribution in [0, 0.1) is 10.1 Å².